The lowest BCUT2D eigenvalue weighted by Crippen LogP contribution is -2.03. The second-order valence-corrected chi connectivity index (χ2v) is 7.63. The summed E-state index contributed by atoms with van der Waals surface area (Å²) in [5, 5.41) is 0. The molecule has 0 heterocycles. The first-order valence-electron chi connectivity index (χ1n) is 7.96. The molecule has 0 saturated heterocycles. The molecular weight excluding hydrogens is 299 g/mol. The number of hydrogen-bond donors (Lipinski definition) is 0. The first kappa shape index (κ1) is 17.1. The van der Waals surface area contributed by atoms with Crippen molar-refractivity contribution in [1.29, 1.82) is 0 Å². The van der Waals surface area contributed by atoms with Crippen LogP contribution in [0.4, 0.5) is 0 Å². The van der Waals surface area contributed by atoms with E-state index in [4.69, 9.17) is 9.47 Å². The van der Waals surface area contributed by atoms with Crippen LogP contribution in [-0.2, 0) is 4.57 Å². The number of rotatable bonds is 8. The molecule has 1 aliphatic rings. The van der Waals surface area contributed by atoms with Crippen LogP contribution < -0.4 is 9.47 Å². The van der Waals surface area contributed by atoms with Gasteiger partial charge < -0.3 is 14.0 Å². The van der Waals surface area contributed by atoms with Gasteiger partial charge in [0.2, 0.25) is 5.52 Å². The van der Waals surface area contributed by atoms with Crippen molar-refractivity contribution in [2.24, 2.45) is 5.92 Å². The molecule has 1 aromatic rings. The van der Waals surface area contributed by atoms with Gasteiger partial charge in [-0.05, 0) is 24.5 Å². The van der Waals surface area contributed by atoms with Crippen molar-refractivity contribution in [2.45, 2.75) is 38.5 Å². The third-order valence-electron chi connectivity index (χ3n) is 4.40. The molecule has 1 aliphatic carbocycles. The molecule has 5 heteroatoms. The van der Waals surface area contributed by atoms with E-state index in [9.17, 15) is 9.36 Å². The number of carbonyl (C=O) groups is 1. The molecule has 2 rings (SSSR count). The first-order valence-corrected chi connectivity index (χ1v) is 9.57. The quantitative estimate of drug-likeness (QED) is 0.666. The minimum absolute atomic E-state index is 0.317. The summed E-state index contributed by atoms with van der Waals surface area (Å²) in [5.41, 5.74) is -0.0111. The second-order valence-electron chi connectivity index (χ2n) is 5.83. The van der Waals surface area contributed by atoms with Crippen molar-refractivity contribution in [3.63, 3.8) is 0 Å². The zero-order chi connectivity index (χ0) is 15.9. The van der Waals surface area contributed by atoms with Gasteiger partial charge in [-0.15, -0.1) is 0 Å². The van der Waals surface area contributed by atoms with Gasteiger partial charge in [-0.25, -0.2) is 0 Å². The van der Waals surface area contributed by atoms with Gasteiger partial charge in [0.05, 0.1) is 14.2 Å². The van der Waals surface area contributed by atoms with Crippen LogP contribution in [-0.4, -0.2) is 25.9 Å². The molecule has 22 heavy (non-hydrogen) atoms. The summed E-state index contributed by atoms with van der Waals surface area (Å²) in [6.45, 7) is 0. The van der Waals surface area contributed by atoms with E-state index in [1.165, 1.54) is 39.9 Å². The van der Waals surface area contributed by atoms with Crippen LogP contribution in [0.3, 0.4) is 0 Å². The molecule has 0 bridgehead atoms. The van der Waals surface area contributed by atoms with Crippen molar-refractivity contribution in [2.75, 3.05) is 20.4 Å². The molecule has 0 radical (unpaired) electrons. The highest BCUT2D eigenvalue weighted by molar-refractivity contribution is 7.64. The van der Waals surface area contributed by atoms with Crippen LogP contribution in [0.2, 0.25) is 0 Å². The summed E-state index contributed by atoms with van der Waals surface area (Å²) in [4.78, 5) is 12.5. The Bertz CT molecular complexity index is 513. The highest BCUT2D eigenvalue weighted by Gasteiger charge is 2.23. The molecule has 1 saturated carbocycles. The van der Waals surface area contributed by atoms with Crippen LogP contribution in [0.1, 0.15) is 48.9 Å². The topological polar surface area (TPSA) is 52.6 Å². The Hall–Kier alpha value is -1.28. The third-order valence-corrected chi connectivity index (χ3v) is 5.96. The molecule has 122 valence electrons. The summed E-state index contributed by atoms with van der Waals surface area (Å²) in [6.07, 6.45) is 7.65. The summed E-state index contributed by atoms with van der Waals surface area (Å²) >= 11 is 0. The van der Waals surface area contributed by atoms with E-state index in [0.717, 1.165) is 18.8 Å². The van der Waals surface area contributed by atoms with Crippen LogP contribution in [0, 0.1) is 5.92 Å². The van der Waals surface area contributed by atoms with E-state index in [0.29, 0.717) is 23.2 Å². The molecule has 1 fully saturated rings. The number of ether oxygens (including phenoxy) is 2. The number of methoxy groups -OCH3 is 2. The Morgan fingerprint density at radius 3 is 2.32 bits per heavy atom. The largest absolute Gasteiger partial charge is 0.496 e. The third kappa shape index (κ3) is 4.13. The highest BCUT2D eigenvalue weighted by atomic mass is 31.1. The second kappa shape index (κ2) is 8.38. The van der Waals surface area contributed by atoms with Gasteiger partial charge in [0, 0.05) is 6.16 Å². The molecule has 0 amide bonds. The summed E-state index contributed by atoms with van der Waals surface area (Å²) in [5.74, 6) is 1.63. The van der Waals surface area contributed by atoms with E-state index < -0.39 is 7.80 Å². The Balaban J connectivity index is 1.99. The van der Waals surface area contributed by atoms with E-state index in [1.807, 2.05) is 0 Å². The Morgan fingerprint density at radius 2 is 1.77 bits per heavy atom. The smallest absolute Gasteiger partial charge is 0.225 e. The van der Waals surface area contributed by atoms with Crippen molar-refractivity contribution < 1.29 is 18.8 Å². The van der Waals surface area contributed by atoms with Gasteiger partial charge in [0.1, 0.15) is 24.9 Å². The lowest BCUT2D eigenvalue weighted by atomic mass is 10.0. The van der Waals surface area contributed by atoms with Gasteiger partial charge in [0.25, 0.3) is 0 Å². The van der Waals surface area contributed by atoms with Gasteiger partial charge in [-0.1, -0.05) is 38.2 Å². The molecular formula is C17H25O4P. The predicted octanol–water partition coefficient (Wildman–Crippen LogP) is 4.37. The van der Waals surface area contributed by atoms with Crippen molar-refractivity contribution >= 4 is 13.3 Å². The molecule has 0 aliphatic heterocycles. The molecule has 1 aromatic carbocycles. The fourth-order valence-corrected chi connectivity index (χ4v) is 4.46. The minimum atomic E-state index is -2.32. The monoisotopic (exact) mass is 324 g/mol. The van der Waals surface area contributed by atoms with E-state index in [-0.39, 0.29) is 5.52 Å². The normalized spacial score (nSPS) is 16.5. The molecule has 1 unspecified atom stereocenters. The first-order chi connectivity index (χ1) is 10.7. The fraction of sp³-hybridized carbons (Fsp3) is 0.588. The minimum Gasteiger partial charge on any atom is -0.496 e. The lowest BCUT2D eigenvalue weighted by molar-refractivity contribution is 0.107. The molecule has 0 aromatic heterocycles. The van der Waals surface area contributed by atoms with Crippen LogP contribution >= 0.6 is 7.80 Å². The van der Waals surface area contributed by atoms with Gasteiger partial charge >= 0.3 is 0 Å². The van der Waals surface area contributed by atoms with Gasteiger partial charge in [0.15, 0.2) is 0 Å². The summed E-state index contributed by atoms with van der Waals surface area (Å²) in [6, 6.07) is 5.15. The summed E-state index contributed by atoms with van der Waals surface area (Å²) < 4.78 is 22.8. The molecule has 0 N–H and O–H groups in total. The lowest BCUT2D eigenvalue weighted by Gasteiger charge is -2.12. The van der Waals surface area contributed by atoms with E-state index >= 15 is 0 Å². The zero-order valence-electron chi connectivity index (χ0n) is 13.4. The van der Waals surface area contributed by atoms with Gasteiger partial charge in [-0.3, -0.25) is 4.79 Å². The van der Waals surface area contributed by atoms with Crippen molar-refractivity contribution in [3.8, 4) is 11.5 Å². The maximum absolute atomic E-state index is 12.5. The number of benzene rings is 1. The van der Waals surface area contributed by atoms with Crippen molar-refractivity contribution in [3.05, 3.63) is 23.8 Å². The van der Waals surface area contributed by atoms with E-state index in [1.54, 1.807) is 18.2 Å². The Morgan fingerprint density at radius 1 is 1.18 bits per heavy atom. The van der Waals surface area contributed by atoms with Crippen LogP contribution in [0.5, 0.6) is 11.5 Å². The molecule has 4 nitrogen and oxygen atoms in total. The number of hydrogen-bond acceptors (Lipinski definition) is 4. The number of carbonyl (C=O) groups excluding carboxylic acids is 1. The maximum Gasteiger partial charge on any atom is 0.225 e. The van der Waals surface area contributed by atoms with E-state index in [2.05, 4.69) is 0 Å². The summed E-state index contributed by atoms with van der Waals surface area (Å²) in [7, 11) is 0.682. The fourth-order valence-electron chi connectivity index (χ4n) is 3.18. The molecule has 1 atom stereocenters. The Kier molecular flexibility index (Phi) is 6.50. The van der Waals surface area contributed by atoms with Gasteiger partial charge in [-0.2, -0.15) is 0 Å². The maximum atomic E-state index is 12.5. The average molecular weight is 324 g/mol. The predicted molar refractivity (Wildman–Crippen MR) is 88.9 cm³/mol. The Labute approximate surface area is 133 Å². The zero-order valence-corrected chi connectivity index (χ0v) is 14.4. The molecule has 0 spiro atoms. The average Bonchev–Trinajstić information content (AvgIpc) is 3.06. The van der Waals surface area contributed by atoms with Crippen LogP contribution in [0.15, 0.2) is 18.2 Å². The standard InChI is InChI=1S/C17H25O4P/c1-20-14-10-5-11-15(21-2)16(14)17(18)22(19)12-6-9-13-7-3-4-8-13/h5,10-11,13,22H,3-4,6-9,12H2,1-2H3. The SMILES string of the molecule is COc1cccc(OC)c1C(=O)[PH](=O)CCCC1CCCC1. The van der Waals surface area contributed by atoms with Crippen molar-refractivity contribution in [1.82, 2.24) is 0 Å². The van der Waals surface area contributed by atoms with Crippen LogP contribution in [0.25, 0.3) is 0 Å². The highest BCUT2D eigenvalue weighted by Crippen LogP contribution is 2.38.